The average molecular weight is 1630 g/mol. The number of hydrogen-bond acceptors (Lipinski definition) is 25. The van der Waals surface area contributed by atoms with Crippen molar-refractivity contribution < 1.29 is 111 Å². The topological polar surface area (TPSA) is 513 Å². The fourth-order valence-electron chi connectivity index (χ4n) is 16.7. The van der Waals surface area contributed by atoms with Crippen LogP contribution in [-0.2, 0) is 53.1 Å². The van der Waals surface area contributed by atoms with E-state index in [0.29, 0.717) is 30.6 Å². The summed E-state index contributed by atoms with van der Waals surface area (Å²) in [4.78, 5) is 123. The number of phenolic OH excluding ortho intramolecular Hbond substituents is 3. The van der Waals surface area contributed by atoms with Crippen molar-refractivity contribution in [1.29, 1.82) is 0 Å². The molecule has 6 aromatic carbocycles. The van der Waals surface area contributed by atoms with Crippen molar-refractivity contribution in [3.05, 3.63) is 142 Å². The molecule has 16 rings (SSSR count). The number of benzene rings is 6. The number of nitrogens with one attached hydrogen (secondary N) is 9. The molecular formula is C80H93ClN10O23S. The van der Waals surface area contributed by atoms with E-state index < -0.39 is 200 Å². The molecule has 35 heteroatoms. The summed E-state index contributed by atoms with van der Waals surface area (Å²) in [6.07, 6.45) is -8.79. The summed E-state index contributed by atoms with van der Waals surface area (Å²) in [6.45, 7) is 6.94. The van der Waals surface area contributed by atoms with Gasteiger partial charge in [-0.1, -0.05) is 57.0 Å². The van der Waals surface area contributed by atoms with Crippen LogP contribution in [0.4, 0.5) is 0 Å². The molecule has 6 heterocycles. The summed E-state index contributed by atoms with van der Waals surface area (Å²) in [6, 6.07) is 5.35. The minimum absolute atomic E-state index is 0.0669. The number of aryl methyl sites for hydroxylation is 1. The third kappa shape index (κ3) is 17.6. The highest BCUT2D eigenvalue weighted by Crippen LogP contribution is 2.55. The monoisotopic (exact) mass is 1630 g/mol. The Kier molecular flexibility index (Phi) is 24.5. The number of amides is 8. The molecule has 0 aromatic heterocycles. The Morgan fingerprint density at radius 1 is 0.661 bits per heavy atom. The number of sulfonamides is 1. The number of unbranched alkanes of at least 4 members (excludes halogenated alkanes) is 1. The number of nitrogens with two attached hydrogens (primary N) is 1. The van der Waals surface area contributed by atoms with Crippen LogP contribution in [0.15, 0.2) is 108 Å². The van der Waals surface area contributed by atoms with Crippen molar-refractivity contribution in [3.8, 4) is 62.9 Å². The van der Waals surface area contributed by atoms with E-state index >= 15 is 28.8 Å². The molecule has 0 spiro atoms. The molecule has 5 fully saturated rings. The molecule has 33 nitrogen and oxygen atoms in total. The lowest BCUT2D eigenvalue weighted by atomic mass is 9.54. The Bertz CT molecular complexity index is 4850. The van der Waals surface area contributed by atoms with Gasteiger partial charge in [0.1, 0.15) is 107 Å². The van der Waals surface area contributed by atoms with Gasteiger partial charge in [0.25, 0.3) is 10.0 Å². The second-order valence-electron chi connectivity index (χ2n) is 30.9. The van der Waals surface area contributed by atoms with Crippen molar-refractivity contribution in [2.45, 2.75) is 182 Å². The van der Waals surface area contributed by atoms with Gasteiger partial charge in [0.15, 0.2) is 11.5 Å². The highest BCUT2D eigenvalue weighted by Gasteiger charge is 2.51. The fourth-order valence-corrected chi connectivity index (χ4v) is 17.9. The Morgan fingerprint density at radius 3 is 1.94 bits per heavy atom. The normalized spacial score (nSPS) is 28.1. The number of ether oxygens (including phenoxy) is 5. The summed E-state index contributed by atoms with van der Waals surface area (Å²) in [5, 5.41) is 116. The first-order valence-corrected chi connectivity index (χ1v) is 40.0. The van der Waals surface area contributed by atoms with E-state index in [1.165, 1.54) is 56.4 Å². The van der Waals surface area contributed by atoms with Gasteiger partial charge in [-0.3, -0.25) is 38.4 Å². The first-order chi connectivity index (χ1) is 54.8. The number of aliphatic hydroxyl groups is 5. The van der Waals surface area contributed by atoms with E-state index in [0.717, 1.165) is 99.2 Å². The number of fused-ring (bicyclic) bond motifs is 15. The van der Waals surface area contributed by atoms with Gasteiger partial charge in [-0.2, -0.15) is 0 Å². The van der Waals surface area contributed by atoms with E-state index in [-0.39, 0.29) is 85.7 Å². The van der Waals surface area contributed by atoms with Gasteiger partial charge in [0.2, 0.25) is 59.3 Å². The lowest BCUT2D eigenvalue weighted by Crippen LogP contribution is -2.60. The van der Waals surface area contributed by atoms with Crippen molar-refractivity contribution in [2.75, 3.05) is 20.2 Å². The van der Waals surface area contributed by atoms with Crippen molar-refractivity contribution >= 4 is 68.9 Å². The van der Waals surface area contributed by atoms with Crippen LogP contribution in [0.25, 0.3) is 11.1 Å². The maximum Gasteiger partial charge on any atom is 0.264 e. The molecule has 15 bridgehead atoms. The van der Waals surface area contributed by atoms with Crippen LogP contribution >= 0.6 is 11.6 Å². The van der Waals surface area contributed by atoms with Crippen LogP contribution in [0.5, 0.6) is 51.7 Å². The van der Waals surface area contributed by atoms with Crippen LogP contribution in [-0.4, -0.2) is 178 Å². The Labute approximate surface area is 665 Å². The number of carbonyl (C=O) groups excluding carboxylic acids is 8. The molecule has 115 heavy (non-hydrogen) atoms. The Balaban J connectivity index is 1.000. The van der Waals surface area contributed by atoms with Gasteiger partial charge in [-0.15, -0.1) is 0 Å². The third-order valence-corrected chi connectivity index (χ3v) is 24.1. The van der Waals surface area contributed by atoms with Gasteiger partial charge in [-0.05, 0) is 201 Å². The van der Waals surface area contributed by atoms with Crippen LogP contribution < -0.4 is 71.9 Å². The molecule has 6 aromatic rings. The summed E-state index contributed by atoms with van der Waals surface area (Å²) in [5.74, 6) is -13.1. The molecule has 0 unspecified atom stereocenters. The smallest absolute Gasteiger partial charge is 0.264 e. The SMILES string of the molecule is CCCCOc1ccc(S(=O)(=O)NC(=O)C[C@@H]2NC(=O)[C@H](NC(=O)[C@@H](CC(C)C)NC)[C@H](O)c3ccc(c(C)c3)Oc3cc4cc(c3O[C@@H]3O[C@H](CN)[C@@H](O)[C@H](O)[C@H]3O)Oc3ccc(cc3Cl)[C@@H](O)[C@@H]3NC(=O)[C@H](NC(=O)[C@@H]4NC2=O)c2ccc(O)c(c2)-c2c(O)cc(O)cc2[C@@H](C(=O)NC2C4CC5CC(C4)CC2C5)NC3=O)cc1. The standard InChI is InChI=1S/C80H93ClN10O23S/c1-6-7-18-110-45-11-13-46(14-12-45)115(108,109)91-59(95)32-51-74(102)86-63-43-28-56(111-54-16-9-39(20-35(54)4)67(96)65(78(106)84-51)89-73(101)50(83-5)19-34(2)3)72(114-80-71(100)70(99)69(98)58(33-82)113-80)57(29-43)112-55-17-10-40(27-49(55)81)68(97)66-79(107)88-64(77(105)85-61-41-22-36-21-37(24-41)25-42(61)23-36)48-30-44(92)31-53(94)60(48)47-26-38(8-15-52(47)93)62(75(103)90-66)87-76(63)104/h8-17,20,26-31,34,36-37,41-42,50-51,58,61-71,80,83,92-94,96-100H,6-7,18-19,21-25,32-33,82H2,1-5H3,(H,84,106)(H,85,105)(H,86,102)(H,87,104)(H,88,107)(H,89,101)(H,90,103)(H,91,95)/t36?,37?,41?,42?,50-,51+,58-,61?,62-,63-,64+,65-,66+,67-,68-,69-,70+,71-,80+/m1/s1. The van der Waals surface area contributed by atoms with E-state index in [1.54, 1.807) is 0 Å². The number of phenols is 3. The number of likely N-dealkylation sites (N-methyl/N-ethyl adjacent to an activating group) is 1. The number of hydrogen-bond donors (Lipinski definition) is 18. The third-order valence-electron chi connectivity index (χ3n) is 22.4. The average Bonchev–Trinajstić information content (AvgIpc) is 0.924. The maximum absolute atomic E-state index is 16.4. The largest absolute Gasteiger partial charge is 0.508 e. The molecule has 1 saturated heterocycles. The second kappa shape index (κ2) is 34.2. The minimum atomic E-state index is -4.87. The maximum atomic E-state index is 16.4. The summed E-state index contributed by atoms with van der Waals surface area (Å²) >= 11 is 7.18. The highest BCUT2D eigenvalue weighted by atomic mass is 35.5. The molecule has 4 aliphatic carbocycles. The van der Waals surface area contributed by atoms with E-state index in [4.69, 9.17) is 41.0 Å². The van der Waals surface area contributed by atoms with E-state index in [2.05, 4.69) is 42.5 Å². The predicted molar refractivity (Wildman–Crippen MR) is 409 cm³/mol. The molecule has 10 aliphatic rings. The zero-order valence-corrected chi connectivity index (χ0v) is 64.8. The Hall–Kier alpha value is -10.4. The zero-order valence-electron chi connectivity index (χ0n) is 63.2. The number of aromatic hydroxyl groups is 3. The van der Waals surface area contributed by atoms with Crippen molar-refractivity contribution in [3.63, 3.8) is 0 Å². The lowest BCUT2D eigenvalue weighted by Gasteiger charge is -2.54. The number of halogens is 1. The van der Waals surface area contributed by atoms with Crippen LogP contribution in [0.1, 0.15) is 142 Å². The summed E-state index contributed by atoms with van der Waals surface area (Å²) < 4.78 is 61.8. The quantitative estimate of drug-likeness (QED) is 0.0547. The fraction of sp³-hybridized carbons (Fsp3) is 0.450. The molecule has 19 N–H and O–H groups in total. The minimum Gasteiger partial charge on any atom is -0.508 e. The first kappa shape index (κ1) is 82.6. The van der Waals surface area contributed by atoms with Crippen molar-refractivity contribution in [2.24, 2.45) is 35.3 Å². The highest BCUT2D eigenvalue weighted by molar-refractivity contribution is 7.90. The van der Waals surface area contributed by atoms with Crippen LogP contribution in [0.2, 0.25) is 5.02 Å². The number of aliphatic hydroxyl groups excluding tert-OH is 5. The van der Waals surface area contributed by atoms with Crippen LogP contribution in [0, 0.1) is 36.5 Å². The summed E-state index contributed by atoms with van der Waals surface area (Å²) in [5.41, 5.74) is 4.09. The molecule has 14 atom stereocenters. The van der Waals surface area contributed by atoms with Gasteiger partial charge < -0.3 is 113 Å². The molecule has 6 aliphatic heterocycles. The molecule has 4 saturated carbocycles. The predicted octanol–water partition coefficient (Wildman–Crippen LogP) is 3.55. The first-order valence-electron chi connectivity index (χ1n) is 38.1. The zero-order chi connectivity index (χ0) is 82.3. The van der Waals surface area contributed by atoms with Gasteiger partial charge >= 0.3 is 0 Å². The van der Waals surface area contributed by atoms with Crippen LogP contribution in [0.3, 0.4) is 0 Å². The number of rotatable bonds is 18. The van der Waals surface area contributed by atoms with Gasteiger partial charge in [0.05, 0.1) is 29.0 Å². The van der Waals surface area contributed by atoms with E-state index in [9.17, 15) is 58.9 Å². The van der Waals surface area contributed by atoms with E-state index in [1.807, 2.05) is 25.5 Å². The lowest BCUT2D eigenvalue weighted by molar-refractivity contribution is -0.270. The molecular weight excluding hydrogens is 1540 g/mol. The van der Waals surface area contributed by atoms with Gasteiger partial charge in [0, 0.05) is 29.8 Å². The van der Waals surface area contributed by atoms with Crippen molar-refractivity contribution in [1.82, 2.24) is 47.3 Å². The number of carbonyl (C=O) groups is 8. The molecule has 614 valence electrons. The summed E-state index contributed by atoms with van der Waals surface area (Å²) in [7, 11) is -3.39. The van der Waals surface area contributed by atoms with Gasteiger partial charge in [-0.25, -0.2) is 13.1 Å². The molecule has 0 radical (unpaired) electrons. The molecule has 8 amide bonds. The Morgan fingerprint density at radius 2 is 1.30 bits per heavy atom. The second-order valence-corrected chi connectivity index (χ2v) is 33.0.